The summed E-state index contributed by atoms with van der Waals surface area (Å²) >= 11 is 0. The molecule has 0 aliphatic carbocycles. The number of nitrogens with one attached hydrogen (secondary N) is 3. The van der Waals surface area contributed by atoms with Gasteiger partial charge >= 0.3 is 5.69 Å². The molecule has 0 atom stereocenters. The minimum atomic E-state index is -0.502. The Hall–Kier alpha value is -2.56. The number of benzene rings is 1. The van der Waals surface area contributed by atoms with Crippen molar-refractivity contribution in [2.75, 3.05) is 0 Å². The number of aromatic nitrogens is 3. The van der Waals surface area contributed by atoms with Gasteiger partial charge in [-0.1, -0.05) is 18.2 Å². The maximum Gasteiger partial charge on any atom is 0.325 e. The zero-order valence-corrected chi connectivity index (χ0v) is 8.78. The first-order chi connectivity index (χ1) is 8.25. The van der Waals surface area contributed by atoms with Crippen LogP contribution in [0.4, 0.5) is 0 Å². The van der Waals surface area contributed by atoms with Crippen molar-refractivity contribution >= 4 is 10.9 Å². The lowest BCUT2D eigenvalue weighted by molar-refractivity contribution is 1.04. The first-order valence-electron chi connectivity index (χ1n) is 5.14. The quantitative estimate of drug-likeness (QED) is 0.584. The van der Waals surface area contributed by atoms with Crippen LogP contribution >= 0.6 is 0 Å². The summed E-state index contributed by atoms with van der Waals surface area (Å²) in [5.74, 6) is 0. The SMILES string of the molecule is O=c1[nH]cc(-c2cccc3cc[nH]c23)c(=O)[nH]1. The van der Waals surface area contributed by atoms with Crippen molar-refractivity contribution in [1.82, 2.24) is 15.0 Å². The molecule has 3 aromatic rings. The van der Waals surface area contributed by atoms with Crippen LogP contribution in [0.25, 0.3) is 22.0 Å². The van der Waals surface area contributed by atoms with Gasteiger partial charge in [-0.25, -0.2) is 4.79 Å². The molecule has 0 saturated heterocycles. The van der Waals surface area contributed by atoms with Gasteiger partial charge in [0.1, 0.15) is 0 Å². The van der Waals surface area contributed by atoms with Gasteiger partial charge in [0.25, 0.3) is 5.56 Å². The average molecular weight is 227 g/mol. The number of hydrogen-bond acceptors (Lipinski definition) is 2. The van der Waals surface area contributed by atoms with Crippen LogP contribution in [-0.4, -0.2) is 15.0 Å². The van der Waals surface area contributed by atoms with Crippen molar-refractivity contribution in [2.45, 2.75) is 0 Å². The minimum absolute atomic E-state index is 0.393. The summed E-state index contributed by atoms with van der Waals surface area (Å²) in [6, 6.07) is 7.59. The Morgan fingerprint density at radius 3 is 2.65 bits per heavy atom. The van der Waals surface area contributed by atoms with Gasteiger partial charge in [-0.15, -0.1) is 0 Å². The molecule has 0 aliphatic rings. The summed E-state index contributed by atoms with van der Waals surface area (Å²) in [6.07, 6.45) is 3.24. The fraction of sp³-hybridized carbons (Fsp3) is 0. The van der Waals surface area contributed by atoms with E-state index < -0.39 is 11.2 Å². The van der Waals surface area contributed by atoms with Crippen molar-refractivity contribution in [3.05, 3.63) is 57.5 Å². The molecule has 0 unspecified atom stereocenters. The van der Waals surface area contributed by atoms with Crippen LogP contribution in [0, 0.1) is 0 Å². The lowest BCUT2D eigenvalue weighted by Crippen LogP contribution is -2.22. The smallest absolute Gasteiger partial charge is 0.325 e. The second-order valence-corrected chi connectivity index (χ2v) is 3.73. The summed E-state index contributed by atoms with van der Waals surface area (Å²) in [4.78, 5) is 30.5. The Morgan fingerprint density at radius 1 is 0.941 bits per heavy atom. The van der Waals surface area contributed by atoms with Crippen molar-refractivity contribution < 1.29 is 0 Å². The average Bonchev–Trinajstić information content (AvgIpc) is 2.77. The third-order valence-corrected chi connectivity index (χ3v) is 2.70. The lowest BCUT2D eigenvalue weighted by atomic mass is 10.1. The van der Waals surface area contributed by atoms with Gasteiger partial charge < -0.3 is 9.97 Å². The van der Waals surface area contributed by atoms with E-state index in [1.807, 2.05) is 30.5 Å². The lowest BCUT2D eigenvalue weighted by Gasteiger charge is -2.01. The Kier molecular flexibility index (Phi) is 1.98. The first kappa shape index (κ1) is 9.65. The van der Waals surface area contributed by atoms with Crippen LogP contribution in [0.15, 0.2) is 46.2 Å². The molecule has 3 N–H and O–H groups in total. The minimum Gasteiger partial charge on any atom is -0.361 e. The van der Waals surface area contributed by atoms with Crippen molar-refractivity contribution in [2.24, 2.45) is 0 Å². The Morgan fingerprint density at radius 2 is 1.82 bits per heavy atom. The molecule has 5 heteroatoms. The first-order valence-corrected chi connectivity index (χ1v) is 5.14. The second-order valence-electron chi connectivity index (χ2n) is 3.73. The highest BCUT2D eigenvalue weighted by Gasteiger charge is 2.08. The standard InChI is InChI=1S/C12H9N3O2/c16-11-9(6-14-12(17)15-11)8-3-1-2-7-4-5-13-10(7)8/h1-6,13H,(H2,14,15,16,17). The highest BCUT2D eigenvalue weighted by atomic mass is 16.2. The number of para-hydroxylation sites is 1. The molecular weight excluding hydrogens is 218 g/mol. The number of fused-ring (bicyclic) bond motifs is 1. The second kappa shape index (κ2) is 3.48. The van der Waals surface area contributed by atoms with Gasteiger partial charge in [0, 0.05) is 18.0 Å². The van der Waals surface area contributed by atoms with Gasteiger partial charge in [-0.3, -0.25) is 9.78 Å². The molecule has 0 aliphatic heterocycles. The van der Waals surface area contributed by atoms with Crippen LogP contribution < -0.4 is 11.2 Å². The molecule has 0 spiro atoms. The van der Waals surface area contributed by atoms with Crippen LogP contribution in [0.1, 0.15) is 0 Å². The highest BCUT2D eigenvalue weighted by Crippen LogP contribution is 2.24. The molecular formula is C12H9N3O2. The molecule has 2 aromatic heterocycles. The molecule has 0 amide bonds. The van der Waals surface area contributed by atoms with Gasteiger partial charge in [0.15, 0.2) is 0 Å². The van der Waals surface area contributed by atoms with Crippen molar-refractivity contribution in [1.29, 1.82) is 0 Å². The molecule has 0 radical (unpaired) electrons. The molecule has 0 saturated carbocycles. The van der Waals surface area contributed by atoms with E-state index in [2.05, 4.69) is 15.0 Å². The summed E-state index contributed by atoms with van der Waals surface area (Å²) in [6.45, 7) is 0. The van der Waals surface area contributed by atoms with Gasteiger partial charge in [-0.05, 0) is 11.5 Å². The summed E-state index contributed by atoms with van der Waals surface area (Å²) in [7, 11) is 0. The van der Waals surface area contributed by atoms with E-state index in [0.29, 0.717) is 5.56 Å². The third kappa shape index (κ3) is 1.48. The Bertz CT molecular complexity index is 795. The van der Waals surface area contributed by atoms with Gasteiger partial charge in [0.2, 0.25) is 0 Å². The van der Waals surface area contributed by atoms with Crippen molar-refractivity contribution in [3.8, 4) is 11.1 Å². The van der Waals surface area contributed by atoms with Gasteiger partial charge in [-0.2, -0.15) is 0 Å². The molecule has 5 nitrogen and oxygen atoms in total. The van der Waals surface area contributed by atoms with Gasteiger partial charge in [0.05, 0.1) is 11.1 Å². The predicted octanol–water partition coefficient (Wildman–Crippen LogP) is 1.21. The fourth-order valence-corrected chi connectivity index (χ4v) is 1.92. The predicted molar refractivity (Wildman–Crippen MR) is 65.0 cm³/mol. The van der Waals surface area contributed by atoms with Crippen LogP contribution in [-0.2, 0) is 0 Å². The zero-order chi connectivity index (χ0) is 11.8. The van der Waals surface area contributed by atoms with Crippen LogP contribution in [0.2, 0.25) is 0 Å². The largest absolute Gasteiger partial charge is 0.361 e. The molecule has 17 heavy (non-hydrogen) atoms. The number of rotatable bonds is 1. The number of hydrogen-bond donors (Lipinski definition) is 3. The maximum absolute atomic E-state index is 11.7. The van der Waals surface area contributed by atoms with Crippen LogP contribution in [0.5, 0.6) is 0 Å². The molecule has 0 fully saturated rings. The monoisotopic (exact) mass is 227 g/mol. The van der Waals surface area contributed by atoms with E-state index in [0.717, 1.165) is 16.5 Å². The van der Waals surface area contributed by atoms with Crippen molar-refractivity contribution in [3.63, 3.8) is 0 Å². The van der Waals surface area contributed by atoms with Crippen LogP contribution in [0.3, 0.4) is 0 Å². The molecule has 0 bridgehead atoms. The molecule has 1 aromatic carbocycles. The summed E-state index contributed by atoms with van der Waals surface area (Å²) in [5.41, 5.74) is 1.20. The normalized spacial score (nSPS) is 10.8. The Balaban J connectivity index is 2.38. The molecule has 84 valence electrons. The fourth-order valence-electron chi connectivity index (χ4n) is 1.92. The molecule has 2 heterocycles. The number of H-pyrrole nitrogens is 3. The van der Waals surface area contributed by atoms with E-state index in [-0.39, 0.29) is 0 Å². The van der Waals surface area contributed by atoms with E-state index in [1.54, 1.807) is 0 Å². The summed E-state index contributed by atoms with van der Waals surface area (Å²) in [5, 5.41) is 1.02. The van der Waals surface area contributed by atoms with E-state index in [1.165, 1.54) is 6.20 Å². The van der Waals surface area contributed by atoms with E-state index in [9.17, 15) is 9.59 Å². The maximum atomic E-state index is 11.7. The Labute approximate surface area is 95.1 Å². The highest BCUT2D eigenvalue weighted by molar-refractivity contribution is 5.93. The summed E-state index contributed by atoms with van der Waals surface area (Å²) < 4.78 is 0. The third-order valence-electron chi connectivity index (χ3n) is 2.70. The van der Waals surface area contributed by atoms with E-state index in [4.69, 9.17) is 0 Å². The van der Waals surface area contributed by atoms with E-state index >= 15 is 0 Å². The molecule has 3 rings (SSSR count). The number of aromatic amines is 3. The zero-order valence-electron chi connectivity index (χ0n) is 8.78. The topological polar surface area (TPSA) is 81.5 Å².